The largest absolute Gasteiger partial charge is 0.497 e. The SMILES string of the molecule is COc1ccc(C2CCC(OC)CC2)cc1. The molecule has 2 rings (SSSR count). The molecule has 0 N–H and O–H groups in total. The highest BCUT2D eigenvalue weighted by atomic mass is 16.5. The van der Waals surface area contributed by atoms with Crippen LogP contribution in [0.2, 0.25) is 0 Å². The third-order valence-corrected chi connectivity index (χ3v) is 3.59. The van der Waals surface area contributed by atoms with Crippen molar-refractivity contribution in [2.24, 2.45) is 0 Å². The predicted octanol–water partition coefficient (Wildman–Crippen LogP) is 3.37. The summed E-state index contributed by atoms with van der Waals surface area (Å²) >= 11 is 0. The van der Waals surface area contributed by atoms with Gasteiger partial charge < -0.3 is 9.47 Å². The highest BCUT2D eigenvalue weighted by Gasteiger charge is 2.21. The summed E-state index contributed by atoms with van der Waals surface area (Å²) in [5.41, 5.74) is 1.44. The fourth-order valence-corrected chi connectivity index (χ4v) is 2.51. The van der Waals surface area contributed by atoms with Gasteiger partial charge in [0.25, 0.3) is 0 Å². The Hall–Kier alpha value is -1.02. The maximum absolute atomic E-state index is 5.39. The second-order valence-corrected chi connectivity index (χ2v) is 4.48. The molecule has 0 bridgehead atoms. The molecule has 1 fully saturated rings. The van der Waals surface area contributed by atoms with Gasteiger partial charge in [-0.1, -0.05) is 12.1 Å². The fraction of sp³-hybridized carbons (Fsp3) is 0.571. The Kier molecular flexibility index (Phi) is 3.83. The van der Waals surface area contributed by atoms with Crippen molar-refractivity contribution in [3.63, 3.8) is 0 Å². The van der Waals surface area contributed by atoms with Gasteiger partial charge in [-0.25, -0.2) is 0 Å². The quantitative estimate of drug-likeness (QED) is 0.777. The van der Waals surface area contributed by atoms with Crippen molar-refractivity contribution in [3.05, 3.63) is 29.8 Å². The first-order valence-corrected chi connectivity index (χ1v) is 6.00. The monoisotopic (exact) mass is 220 g/mol. The number of hydrogen-bond donors (Lipinski definition) is 0. The van der Waals surface area contributed by atoms with Crippen LogP contribution in [0.25, 0.3) is 0 Å². The van der Waals surface area contributed by atoms with E-state index in [1.807, 2.05) is 7.11 Å². The van der Waals surface area contributed by atoms with Crippen LogP contribution in [0.15, 0.2) is 24.3 Å². The fourth-order valence-electron chi connectivity index (χ4n) is 2.51. The molecule has 0 atom stereocenters. The molecule has 0 spiro atoms. The topological polar surface area (TPSA) is 18.5 Å². The van der Waals surface area contributed by atoms with Gasteiger partial charge in [0.1, 0.15) is 5.75 Å². The van der Waals surface area contributed by atoms with E-state index in [-0.39, 0.29) is 0 Å². The van der Waals surface area contributed by atoms with Crippen LogP contribution in [0, 0.1) is 0 Å². The van der Waals surface area contributed by atoms with E-state index in [1.165, 1.54) is 31.2 Å². The minimum atomic E-state index is 0.481. The van der Waals surface area contributed by atoms with E-state index in [0.29, 0.717) is 12.0 Å². The minimum Gasteiger partial charge on any atom is -0.497 e. The van der Waals surface area contributed by atoms with Crippen molar-refractivity contribution in [2.75, 3.05) is 14.2 Å². The van der Waals surface area contributed by atoms with Gasteiger partial charge in [0.05, 0.1) is 13.2 Å². The highest BCUT2D eigenvalue weighted by Crippen LogP contribution is 2.34. The molecule has 0 radical (unpaired) electrons. The number of ether oxygens (including phenoxy) is 2. The van der Waals surface area contributed by atoms with E-state index in [1.54, 1.807) is 7.11 Å². The number of benzene rings is 1. The molecular formula is C14H20O2. The van der Waals surface area contributed by atoms with Crippen LogP contribution >= 0.6 is 0 Å². The Morgan fingerprint density at radius 2 is 1.56 bits per heavy atom. The van der Waals surface area contributed by atoms with Gasteiger partial charge in [0, 0.05) is 7.11 Å². The van der Waals surface area contributed by atoms with Crippen molar-refractivity contribution < 1.29 is 9.47 Å². The zero-order chi connectivity index (χ0) is 11.4. The van der Waals surface area contributed by atoms with Gasteiger partial charge in [-0.3, -0.25) is 0 Å². The van der Waals surface area contributed by atoms with Crippen LogP contribution < -0.4 is 4.74 Å². The second kappa shape index (κ2) is 5.35. The molecule has 16 heavy (non-hydrogen) atoms. The molecule has 2 nitrogen and oxygen atoms in total. The molecule has 0 unspecified atom stereocenters. The maximum atomic E-state index is 5.39. The first kappa shape index (κ1) is 11.5. The van der Waals surface area contributed by atoms with Gasteiger partial charge in [0.2, 0.25) is 0 Å². The van der Waals surface area contributed by atoms with Gasteiger partial charge in [-0.2, -0.15) is 0 Å². The first-order chi connectivity index (χ1) is 7.83. The van der Waals surface area contributed by atoms with Crippen molar-refractivity contribution in [1.29, 1.82) is 0 Å². The van der Waals surface area contributed by atoms with Crippen molar-refractivity contribution in [1.82, 2.24) is 0 Å². The van der Waals surface area contributed by atoms with Gasteiger partial charge >= 0.3 is 0 Å². The number of hydrogen-bond acceptors (Lipinski definition) is 2. The Morgan fingerprint density at radius 3 is 2.06 bits per heavy atom. The zero-order valence-electron chi connectivity index (χ0n) is 10.1. The van der Waals surface area contributed by atoms with E-state index in [4.69, 9.17) is 9.47 Å². The molecule has 0 heterocycles. The molecule has 1 aliphatic carbocycles. The molecule has 0 amide bonds. The normalized spacial score (nSPS) is 25.4. The summed E-state index contributed by atoms with van der Waals surface area (Å²) < 4.78 is 10.6. The molecule has 1 aromatic carbocycles. The molecular weight excluding hydrogens is 200 g/mol. The third-order valence-electron chi connectivity index (χ3n) is 3.59. The lowest BCUT2D eigenvalue weighted by atomic mass is 9.83. The van der Waals surface area contributed by atoms with Crippen LogP contribution in [0.5, 0.6) is 5.75 Å². The first-order valence-electron chi connectivity index (χ1n) is 6.00. The van der Waals surface area contributed by atoms with Crippen molar-refractivity contribution >= 4 is 0 Å². The van der Waals surface area contributed by atoms with Crippen LogP contribution in [0.1, 0.15) is 37.2 Å². The van der Waals surface area contributed by atoms with E-state index in [2.05, 4.69) is 24.3 Å². The van der Waals surface area contributed by atoms with Crippen LogP contribution in [-0.2, 0) is 4.74 Å². The van der Waals surface area contributed by atoms with Crippen molar-refractivity contribution in [2.45, 2.75) is 37.7 Å². The molecule has 1 aromatic rings. The lowest BCUT2D eigenvalue weighted by molar-refractivity contribution is 0.0658. The average Bonchev–Trinajstić information content (AvgIpc) is 2.39. The van der Waals surface area contributed by atoms with Crippen molar-refractivity contribution in [3.8, 4) is 5.75 Å². The van der Waals surface area contributed by atoms with Crippen LogP contribution in [0.3, 0.4) is 0 Å². The molecule has 88 valence electrons. The summed E-state index contributed by atoms with van der Waals surface area (Å²) in [5.74, 6) is 1.65. The standard InChI is InChI=1S/C14H20O2/c1-15-13-7-3-11(4-8-13)12-5-9-14(16-2)10-6-12/h3-4,7-8,12,14H,5-6,9-10H2,1-2H3. The molecule has 1 aliphatic rings. The summed E-state index contributed by atoms with van der Waals surface area (Å²) in [7, 11) is 3.52. The molecule has 0 aromatic heterocycles. The Bertz CT molecular complexity index is 310. The second-order valence-electron chi connectivity index (χ2n) is 4.48. The lowest BCUT2D eigenvalue weighted by Crippen LogP contribution is -2.19. The van der Waals surface area contributed by atoms with Gasteiger partial charge in [0.15, 0.2) is 0 Å². The van der Waals surface area contributed by atoms with Crippen LogP contribution in [0.4, 0.5) is 0 Å². The predicted molar refractivity (Wildman–Crippen MR) is 65.0 cm³/mol. The molecule has 2 heteroatoms. The minimum absolute atomic E-state index is 0.481. The molecule has 0 aliphatic heterocycles. The van der Waals surface area contributed by atoms with E-state index in [0.717, 1.165) is 5.75 Å². The average molecular weight is 220 g/mol. The summed E-state index contributed by atoms with van der Waals surface area (Å²) in [5, 5.41) is 0. The molecule has 0 saturated heterocycles. The van der Waals surface area contributed by atoms with Gasteiger partial charge in [-0.05, 0) is 49.3 Å². The highest BCUT2D eigenvalue weighted by molar-refractivity contribution is 5.29. The Labute approximate surface area is 97.6 Å². The summed E-state index contributed by atoms with van der Waals surface area (Å²) in [4.78, 5) is 0. The molecule has 1 saturated carbocycles. The third kappa shape index (κ3) is 2.56. The summed E-state index contributed by atoms with van der Waals surface area (Å²) in [6.07, 6.45) is 5.34. The number of rotatable bonds is 3. The Morgan fingerprint density at radius 1 is 0.938 bits per heavy atom. The smallest absolute Gasteiger partial charge is 0.118 e. The van der Waals surface area contributed by atoms with Gasteiger partial charge in [-0.15, -0.1) is 0 Å². The van der Waals surface area contributed by atoms with Crippen LogP contribution in [-0.4, -0.2) is 20.3 Å². The summed E-state index contributed by atoms with van der Waals surface area (Å²) in [6.45, 7) is 0. The van der Waals surface area contributed by atoms with E-state index >= 15 is 0 Å². The lowest BCUT2D eigenvalue weighted by Gasteiger charge is -2.27. The number of methoxy groups -OCH3 is 2. The van der Waals surface area contributed by atoms with E-state index < -0.39 is 0 Å². The maximum Gasteiger partial charge on any atom is 0.118 e. The zero-order valence-corrected chi connectivity index (χ0v) is 10.1. The Balaban J connectivity index is 1.97. The van der Waals surface area contributed by atoms with E-state index in [9.17, 15) is 0 Å². The summed E-state index contributed by atoms with van der Waals surface area (Å²) in [6, 6.07) is 8.49.